The molecule has 0 spiro atoms. The molecular weight excluding hydrogens is 150 g/mol. The minimum absolute atomic E-state index is 0.621. The van der Waals surface area contributed by atoms with Crippen molar-refractivity contribution < 1.29 is 0 Å². The number of aromatic nitrogens is 2. The van der Waals surface area contributed by atoms with Crippen LogP contribution >= 0.6 is 0 Å². The minimum Gasteiger partial charge on any atom is -0.330 e. The summed E-state index contributed by atoms with van der Waals surface area (Å²) in [5.41, 5.74) is 6.87. The molecule has 1 fully saturated rings. The zero-order valence-electron chi connectivity index (χ0n) is 6.98. The van der Waals surface area contributed by atoms with Gasteiger partial charge in [-0.15, -0.1) is 0 Å². The molecule has 2 atom stereocenters. The summed E-state index contributed by atoms with van der Waals surface area (Å²) in [5.74, 6) is 1.28. The summed E-state index contributed by atoms with van der Waals surface area (Å²) in [7, 11) is 0. The van der Waals surface area contributed by atoms with Crippen molar-refractivity contribution in [2.24, 2.45) is 11.7 Å². The van der Waals surface area contributed by atoms with Gasteiger partial charge in [0.15, 0.2) is 0 Å². The van der Waals surface area contributed by atoms with E-state index in [0.29, 0.717) is 11.8 Å². The fourth-order valence-corrected chi connectivity index (χ4v) is 1.79. The van der Waals surface area contributed by atoms with Gasteiger partial charge in [-0.05, 0) is 36.8 Å². The van der Waals surface area contributed by atoms with Gasteiger partial charge in [-0.3, -0.25) is 0 Å². The zero-order chi connectivity index (χ0) is 8.39. The van der Waals surface area contributed by atoms with Crippen LogP contribution in [0, 0.1) is 5.92 Å². The third-order valence-corrected chi connectivity index (χ3v) is 2.73. The molecule has 0 aliphatic heterocycles. The van der Waals surface area contributed by atoms with Crippen molar-refractivity contribution in [3.05, 3.63) is 24.3 Å². The predicted molar refractivity (Wildman–Crippen MR) is 46.6 cm³/mol. The Kier molecular flexibility index (Phi) is 2.04. The van der Waals surface area contributed by atoms with Gasteiger partial charge in [-0.1, -0.05) is 0 Å². The third-order valence-electron chi connectivity index (χ3n) is 2.73. The van der Waals surface area contributed by atoms with Crippen LogP contribution < -0.4 is 5.73 Å². The highest BCUT2D eigenvalue weighted by Crippen LogP contribution is 2.40. The Morgan fingerprint density at radius 1 is 1.33 bits per heavy atom. The number of nitrogens with two attached hydrogens (primary N) is 1. The highest BCUT2D eigenvalue weighted by Gasteiger charge is 2.30. The van der Waals surface area contributed by atoms with E-state index in [1.165, 1.54) is 18.4 Å². The van der Waals surface area contributed by atoms with Crippen LogP contribution in [0.3, 0.4) is 0 Å². The maximum atomic E-state index is 5.62. The highest BCUT2D eigenvalue weighted by atomic mass is 14.8. The first-order valence-electron chi connectivity index (χ1n) is 4.37. The lowest BCUT2D eigenvalue weighted by atomic mass is 9.71. The van der Waals surface area contributed by atoms with Gasteiger partial charge in [-0.2, -0.15) is 0 Å². The topological polar surface area (TPSA) is 51.8 Å². The Hall–Kier alpha value is -0.960. The van der Waals surface area contributed by atoms with Crippen LogP contribution in [0.5, 0.6) is 0 Å². The molecule has 1 aromatic heterocycles. The standard InChI is InChI=1S/C9H13N3/c10-3-7-1-2-9(7)8-4-11-6-12-5-8/h4-7,9H,1-3,10H2. The van der Waals surface area contributed by atoms with Crippen molar-refractivity contribution in [3.8, 4) is 0 Å². The number of hydrogen-bond donors (Lipinski definition) is 1. The van der Waals surface area contributed by atoms with Crippen molar-refractivity contribution in [1.29, 1.82) is 0 Å². The van der Waals surface area contributed by atoms with E-state index in [2.05, 4.69) is 9.97 Å². The molecular formula is C9H13N3. The lowest BCUT2D eigenvalue weighted by Crippen LogP contribution is -2.30. The molecule has 1 saturated carbocycles. The van der Waals surface area contributed by atoms with Crippen molar-refractivity contribution in [2.45, 2.75) is 18.8 Å². The molecule has 0 radical (unpaired) electrons. The molecule has 2 rings (SSSR count). The molecule has 12 heavy (non-hydrogen) atoms. The Bertz CT molecular complexity index is 245. The second kappa shape index (κ2) is 3.19. The summed E-state index contributed by atoms with van der Waals surface area (Å²) in [5, 5.41) is 0. The normalized spacial score (nSPS) is 28.1. The van der Waals surface area contributed by atoms with Crippen molar-refractivity contribution in [3.63, 3.8) is 0 Å². The van der Waals surface area contributed by atoms with Gasteiger partial charge in [0.25, 0.3) is 0 Å². The van der Waals surface area contributed by atoms with Crippen molar-refractivity contribution in [1.82, 2.24) is 9.97 Å². The first-order chi connectivity index (χ1) is 5.92. The molecule has 2 unspecified atom stereocenters. The maximum absolute atomic E-state index is 5.62. The van der Waals surface area contributed by atoms with Gasteiger partial charge in [-0.25, -0.2) is 9.97 Å². The molecule has 0 bridgehead atoms. The second-order valence-corrected chi connectivity index (χ2v) is 3.35. The lowest BCUT2D eigenvalue weighted by molar-refractivity contribution is 0.262. The number of rotatable bonds is 2. The predicted octanol–water partition coefficient (Wildman–Crippen LogP) is 0.929. The Morgan fingerprint density at radius 3 is 2.58 bits per heavy atom. The number of hydrogen-bond acceptors (Lipinski definition) is 3. The molecule has 1 heterocycles. The molecule has 0 amide bonds. The summed E-state index contributed by atoms with van der Waals surface area (Å²) in [6.07, 6.45) is 7.88. The Labute approximate surface area is 72.0 Å². The summed E-state index contributed by atoms with van der Waals surface area (Å²) in [6.45, 7) is 0.791. The molecule has 1 aliphatic carbocycles. The van der Waals surface area contributed by atoms with E-state index in [0.717, 1.165) is 6.54 Å². The van der Waals surface area contributed by atoms with E-state index >= 15 is 0 Å². The van der Waals surface area contributed by atoms with Gasteiger partial charge in [0.05, 0.1) is 0 Å². The van der Waals surface area contributed by atoms with E-state index in [9.17, 15) is 0 Å². The van der Waals surface area contributed by atoms with Gasteiger partial charge >= 0.3 is 0 Å². The van der Waals surface area contributed by atoms with E-state index in [-0.39, 0.29) is 0 Å². The van der Waals surface area contributed by atoms with Crippen molar-refractivity contribution in [2.75, 3.05) is 6.54 Å². The summed E-state index contributed by atoms with van der Waals surface area (Å²) >= 11 is 0. The summed E-state index contributed by atoms with van der Waals surface area (Å²) in [6, 6.07) is 0. The van der Waals surface area contributed by atoms with Crippen LogP contribution in [-0.4, -0.2) is 16.5 Å². The molecule has 3 heteroatoms. The summed E-state index contributed by atoms with van der Waals surface area (Å²) in [4.78, 5) is 8.01. The first kappa shape index (κ1) is 7.68. The minimum atomic E-state index is 0.621. The largest absolute Gasteiger partial charge is 0.330 e. The molecule has 1 aliphatic rings. The van der Waals surface area contributed by atoms with Gasteiger partial charge in [0.2, 0.25) is 0 Å². The van der Waals surface area contributed by atoms with E-state index in [1.807, 2.05) is 12.4 Å². The molecule has 64 valence electrons. The van der Waals surface area contributed by atoms with Crippen LogP contribution in [0.15, 0.2) is 18.7 Å². The van der Waals surface area contributed by atoms with Crippen LogP contribution in [0.25, 0.3) is 0 Å². The molecule has 1 aromatic rings. The average Bonchev–Trinajstić information content (AvgIpc) is 2.05. The quantitative estimate of drug-likeness (QED) is 0.705. The van der Waals surface area contributed by atoms with Crippen LogP contribution in [0.1, 0.15) is 24.3 Å². The van der Waals surface area contributed by atoms with Gasteiger partial charge < -0.3 is 5.73 Å². The molecule has 3 nitrogen and oxygen atoms in total. The zero-order valence-corrected chi connectivity index (χ0v) is 6.98. The smallest absolute Gasteiger partial charge is 0.115 e. The Morgan fingerprint density at radius 2 is 2.08 bits per heavy atom. The van der Waals surface area contributed by atoms with Crippen LogP contribution in [0.2, 0.25) is 0 Å². The summed E-state index contributed by atoms with van der Waals surface area (Å²) < 4.78 is 0. The molecule has 0 aromatic carbocycles. The SMILES string of the molecule is NCC1CCC1c1cncnc1. The fraction of sp³-hybridized carbons (Fsp3) is 0.556. The van der Waals surface area contributed by atoms with E-state index in [4.69, 9.17) is 5.73 Å². The van der Waals surface area contributed by atoms with E-state index < -0.39 is 0 Å². The van der Waals surface area contributed by atoms with Gasteiger partial charge in [0, 0.05) is 12.4 Å². The third kappa shape index (κ3) is 1.20. The Balaban J connectivity index is 2.11. The van der Waals surface area contributed by atoms with Crippen LogP contribution in [-0.2, 0) is 0 Å². The monoisotopic (exact) mass is 163 g/mol. The molecule has 2 N–H and O–H groups in total. The second-order valence-electron chi connectivity index (χ2n) is 3.35. The fourth-order valence-electron chi connectivity index (χ4n) is 1.79. The van der Waals surface area contributed by atoms with E-state index in [1.54, 1.807) is 6.33 Å². The lowest BCUT2D eigenvalue weighted by Gasteiger charge is -2.35. The number of nitrogens with zero attached hydrogens (tertiary/aromatic N) is 2. The molecule has 0 saturated heterocycles. The van der Waals surface area contributed by atoms with Gasteiger partial charge in [0.1, 0.15) is 6.33 Å². The first-order valence-corrected chi connectivity index (χ1v) is 4.37. The van der Waals surface area contributed by atoms with Crippen molar-refractivity contribution >= 4 is 0 Å². The average molecular weight is 163 g/mol. The van der Waals surface area contributed by atoms with Crippen LogP contribution in [0.4, 0.5) is 0 Å². The maximum Gasteiger partial charge on any atom is 0.115 e. The highest BCUT2D eigenvalue weighted by molar-refractivity contribution is 5.15.